The van der Waals surface area contributed by atoms with Crippen molar-refractivity contribution in [2.24, 2.45) is 0 Å². The van der Waals surface area contributed by atoms with Crippen LogP contribution >= 0.6 is 0 Å². The largest absolute Gasteiger partial charge is 0.406 e. The quantitative estimate of drug-likeness (QED) is 0.679. The zero-order valence-electron chi connectivity index (χ0n) is 8.28. The first-order valence-electron chi connectivity index (χ1n) is 4.82. The van der Waals surface area contributed by atoms with E-state index in [1.807, 2.05) is 0 Å². The van der Waals surface area contributed by atoms with Gasteiger partial charge in [-0.05, 0) is 32.2 Å². The Morgan fingerprint density at radius 2 is 1.93 bits per heavy atom. The van der Waals surface area contributed by atoms with E-state index in [0.717, 1.165) is 12.8 Å². The van der Waals surface area contributed by atoms with Crippen LogP contribution in [0.3, 0.4) is 0 Å². The molecule has 84 valence electrons. The first-order chi connectivity index (χ1) is 6.52. The van der Waals surface area contributed by atoms with Gasteiger partial charge in [-0.3, -0.25) is 0 Å². The lowest BCUT2D eigenvalue weighted by atomic mass is 10.2. The fourth-order valence-corrected chi connectivity index (χ4v) is 1.38. The lowest BCUT2D eigenvalue weighted by Crippen LogP contribution is -2.45. The second kappa shape index (κ2) is 4.49. The molecule has 0 aliphatic heterocycles. The molecule has 0 aromatic rings. The lowest BCUT2D eigenvalue weighted by Gasteiger charge is -2.20. The standard InChI is InChI=1S/C9H16F3NO/c1-14-7-3-2-6-13-8(4-5-8)9(10,11)12/h13H,2-7H2,1H3. The van der Waals surface area contributed by atoms with Crippen LogP contribution in [-0.2, 0) is 4.74 Å². The van der Waals surface area contributed by atoms with Crippen molar-refractivity contribution in [3.8, 4) is 0 Å². The molecule has 0 unspecified atom stereocenters. The molecule has 0 amide bonds. The summed E-state index contributed by atoms with van der Waals surface area (Å²) in [6.07, 6.45) is -2.11. The maximum atomic E-state index is 12.4. The van der Waals surface area contributed by atoms with Crippen LogP contribution in [0, 0.1) is 0 Å². The van der Waals surface area contributed by atoms with Gasteiger partial charge in [-0.2, -0.15) is 13.2 Å². The number of hydrogen-bond donors (Lipinski definition) is 1. The number of hydrogen-bond acceptors (Lipinski definition) is 2. The van der Waals surface area contributed by atoms with E-state index in [-0.39, 0.29) is 12.8 Å². The summed E-state index contributed by atoms with van der Waals surface area (Å²) >= 11 is 0. The molecule has 0 atom stereocenters. The molecule has 1 saturated carbocycles. The zero-order chi connectivity index (χ0) is 10.7. The second-order valence-electron chi connectivity index (χ2n) is 3.71. The molecule has 2 nitrogen and oxygen atoms in total. The minimum absolute atomic E-state index is 0.223. The molecule has 1 fully saturated rings. The van der Waals surface area contributed by atoms with Gasteiger partial charge in [0, 0.05) is 13.7 Å². The van der Waals surface area contributed by atoms with Crippen molar-refractivity contribution in [2.45, 2.75) is 37.4 Å². The minimum Gasteiger partial charge on any atom is -0.385 e. The van der Waals surface area contributed by atoms with E-state index in [2.05, 4.69) is 5.32 Å². The predicted molar refractivity (Wildman–Crippen MR) is 47.1 cm³/mol. The zero-order valence-corrected chi connectivity index (χ0v) is 8.28. The van der Waals surface area contributed by atoms with Gasteiger partial charge in [-0.15, -0.1) is 0 Å². The van der Waals surface area contributed by atoms with Crippen LogP contribution in [0.2, 0.25) is 0 Å². The van der Waals surface area contributed by atoms with E-state index in [1.165, 1.54) is 0 Å². The number of methoxy groups -OCH3 is 1. The molecular weight excluding hydrogens is 195 g/mol. The maximum absolute atomic E-state index is 12.4. The second-order valence-corrected chi connectivity index (χ2v) is 3.71. The van der Waals surface area contributed by atoms with Crippen LogP contribution in [0.15, 0.2) is 0 Å². The minimum atomic E-state index is -4.09. The van der Waals surface area contributed by atoms with Crippen molar-refractivity contribution in [1.82, 2.24) is 5.32 Å². The highest BCUT2D eigenvalue weighted by molar-refractivity contribution is 5.07. The Kier molecular flexibility index (Phi) is 3.78. The van der Waals surface area contributed by atoms with Crippen LogP contribution in [0.25, 0.3) is 0 Å². The van der Waals surface area contributed by atoms with Crippen molar-refractivity contribution in [3.63, 3.8) is 0 Å². The van der Waals surface area contributed by atoms with E-state index in [0.29, 0.717) is 13.2 Å². The molecule has 1 rings (SSSR count). The van der Waals surface area contributed by atoms with Crippen LogP contribution in [0.1, 0.15) is 25.7 Å². The molecule has 0 bridgehead atoms. The first-order valence-corrected chi connectivity index (χ1v) is 4.82. The third-order valence-corrected chi connectivity index (χ3v) is 2.53. The maximum Gasteiger partial charge on any atom is 0.406 e. The summed E-state index contributed by atoms with van der Waals surface area (Å²) in [6, 6.07) is 0. The van der Waals surface area contributed by atoms with Crippen molar-refractivity contribution in [1.29, 1.82) is 0 Å². The van der Waals surface area contributed by atoms with E-state index in [4.69, 9.17) is 4.74 Å². The summed E-state index contributed by atoms with van der Waals surface area (Å²) in [4.78, 5) is 0. The summed E-state index contributed by atoms with van der Waals surface area (Å²) in [7, 11) is 1.59. The van der Waals surface area contributed by atoms with Crippen molar-refractivity contribution >= 4 is 0 Å². The highest BCUT2D eigenvalue weighted by Crippen LogP contribution is 2.48. The van der Waals surface area contributed by atoms with Gasteiger partial charge in [0.1, 0.15) is 5.54 Å². The molecule has 14 heavy (non-hydrogen) atoms. The van der Waals surface area contributed by atoms with Gasteiger partial charge in [0.05, 0.1) is 0 Å². The molecule has 1 aliphatic carbocycles. The molecule has 5 heteroatoms. The molecule has 0 spiro atoms. The van der Waals surface area contributed by atoms with Crippen LogP contribution < -0.4 is 5.32 Å². The molecule has 0 saturated heterocycles. The smallest absolute Gasteiger partial charge is 0.385 e. The van der Waals surface area contributed by atoms with Crippen LogP contribution in [-0.4, -0.2) is 32.0 Å². The molecule has 0 radical (unpaired) electrons. The van der Waals surface area contributed by atoms with E-state index in [9.17, 15) is 13.2 Å². The normalized spacial score (nSPS) is 19.7. The van der Waals surface area contributed by atoms with Crippen molar-refractivity contribution in [3.05, 3.63) is 0 Å². The van der Waals surface area contributed by atoms with Gasteiger partial charge in [0.25, 0.3) is 0 Å². The molecule has 0 aromatic carbocycles. The monoisotopic (exact) mass is 211 g/mol. The van der Waals surface area contributed by atoms with Gasteiger partial charge in [0.15, 0.2) is 0 Å². The van der Waals surface area contributed by atoms with Crippen LogP contribution in [0.4, 0.5) is 13.2 Å². The van der Waals surface area contributed by atoms with Gasteiger partial charge < -0.3 is 10.1 Å². The third-order valence-electron chi connectivity index (χ3n) is 2.53. The lowest BCUT2D eigenvalue weighted by molar-refractivity contribution is -0.165. The Morgan fingerprint density at radius 1 is 1.29 bits per heavy atom. The highest BCUT2D eigenvalue weighted by atomic mass is 19.4. The Morgan fingerprint density at radius 3 is 2.36 bits per heavy atom. The predicted octanol–water partition coefficient (Wildman–Crippen LogP) is 2.10. The van der Waals surface area contributed by atoms with Crippen molar-refractivity contribution in [2.75, 3.05) is 20.3 Å². The summed E-state index contributed by atoms with van der Waals surface area (Å²) in [5.41, 5.74) is -1.56. The number of alkyl halides is 3. The SMILES string of the molecule is COCCCCNC1(C(F)(F)F)CC1. The van der Waals surface area contributed by atoms with E-state index >= 15 is 0 Å². The third kappa shape index (κ3) is 2.85. The molecular formula is C9H16F3NO. The molecule has 0 heterocycles. The molecule has 0 aromatic heterocycles. The van der Waals surface area contributed by atoms with Gasteiger partial charge in [-0.1, -0.05) is 0 Å². The summed E-state index contributed by atoms with van der Waals surface area (Å²) in [6.45, 7) is 1.03. The Bertz CT molecular complexity index is 177. The number of halogens is 3. The van der Waals surface area contributed by atoms with E-state index in [1.54, 1.807) is 7.11 Å². The fourth-order valence-electron chi connectivity index (χ4n) is 1.38. The van der Waals surface area contributed by atoms with Gasteiger partial charge in [-0.25, -0.2) is 0 Å². The average molecular weight is 211 g/mol. The number of ether oxygens (including phenoxy) is 1. The highest BCUT2D eigenvalue weighted by Gasteiger charge is 2.62. The number of nitrogens with one attached hydrogen (secondary N) is 1. The Labute approximate surface area is 81.8 Å². The van der Waals surface area contributed by atoms with Gasteiger partial charge in [0.2, 0.25) is 0 Å². The van der Waals surface area contributed by atoms with Gasteiger partial charge >= 0.3 is 6.18 Å². The fraction of sp³-hybridized carbons (Fsp3) is 1.00. The number of unbranched alkanes of at least 4 members (excludes halogenated alkanes) is 1. The summed E-state index contributed by atoms with van der Waals surface area (Å²) < 4.78 is 42.0. The average Bonchev–Trinajstić information content (AvgIpc) is 2.84. The van der Waals surface area contributed by atoms with E-state index < -0.39 is 11.7 Å². The molecule has 1 aliphatic rings. The topological polar surface area (TPSA) is 21.3 Å². The van der Waals surface area contributed by atoms with Crippen molar-refractivity contribution < 1.29 is 17.9 Å². The summed E-state index contributed by atoms with van der Waals surface area (Å²) in [5, 5.41) is 2.59. The molecule has 1 N–H and O–H groups in total. The Balaban J connectivity index is 2.12. The van der Waals surface area contributed by atoms with Crippen LogP contribution in [0.5, 0.6) is 0 Å². The Hall–Kier alpha value is -0.290. The number of rotatable bonds is 6. The first kappa shape index (κ1) is 11.8. The summed E-state index contributed by atoms with van der Waals surface area (Å²) in [5.74, 6) is 0.